The number of hydrogen-bond donors (Lipinski definition) is 3. The molecule has 0 aliphatic carbocycles. The van der Waals surface area contributed by atoms with E-state index in [0.717, 1.165) is 23.1 Å². The third-order valence-corrected chi connectivity index (χ3v) is 10.2. The molecular formula is C37H35I2N7O7S2. The molecule has 14 nitrogen and oxygen atoms in total. The van der Waals surface area contributed by atoms with Crippen LogP contribution in [0, 0.1) is 22.7 Å². The highest BCUT2D eigenvalue weighted by Gasteiger charge is 2.29. The van der Waals surface area contributed by atoms with Crippen molar-refractivity contribution in [2.24, 2.45) is 14.5 Å². The minimum absolute atomic E-state index is 0.0491. The van der Waals surface area contributed by atoms with Gasteiger partial charge in [-0.1, -0.05) is 60.7 Å². The lowest BCUT2D eigenvalue weighted by Crippen LogP contribution is -2.30. The molecule has 0 unspecified atom stereocenters. The van der Waals surface area contributed by atoms with Gasteiger partial charge in [0.05, 0.1) is 41.2 Å². The number of aryl methyl sites for hydroxylation is 1. The first-order chi connectivity index (χ1) is 26.4. The van der Waals surface area contributed by atoms with Gasteiger partial charge in [-0.2, -0.15) is 27.4 Å². The molecule has 6 rings (SSSR count). The molecule has 2 aliphatic rings. The summed E-state index contributed by atoms with van der Waals surface area (Å²) in [5.74, 6) is -1.63. The minimum atomic E-state index is -3.86. The fourth-order valence-corrected chi connectivity index (χ4v) is 7.29. The largest absolute Gasteiger partial charge is 0.460 e. The molecule has 55 heavy (non-hydrogen) atoms. The first-order valence-electron chi connectivity index (χ1n) is 16.4. The second kappa shape index (κ2) is 22.0. The van der Waals surface area contributed by atoms with E-state index in [1.165, 1.54) is 12.1 Å². The Balaban J connectivity index is 0.000000234. The SMILES string of the molecule is CCOC(=O)C1=NS(=O)(=O)c2ccccc2N1.II.N#Cc1ccccc1CCCC(=O)C1=NS(=O)(=O)c2ccccc2N1.N#Cc1ccccc1CCN. The number of rotatable bonds is 9. The van der Waals surface area contributed by atoms with Crippen LogP contribution in [-0.4, -0.2) is 53.4 Å². The van der Waals surface area contributed by atoms with Crippen LogP contribution in [0.2, 0.25) is 0 Å². The average molecular weight is 1010 g/mol. The fraction of sp³-hybridized carbons (Fsp3) is 0.189. The maximum atomic E-state index is 12.3. The van der Waals surface area contributed by atoms with E-state index in [-0.39, 0.29) is 40.3 Å². The molecule has 0 spiro atoms. The molecule has 0 saturated heterocycles. The van der Waals surface area contributed by atoms with E-state index in [1.807, 2.05) is 36.4 Å². The van der Waals surface area contributed by atoms with Crippen molar-refractivity contribution in [1.82, 2.24) is 0 Å². The van der Waals surface area contributed by atoms with Crippen molar-refractivity contribution in [3.05, 3.63) is 119 Å². The Morgan fingerprint density at radius 3 is 1.64 bits per heavy atom. The summed E-state index contributed by atoms with van der Waals surface area (Å²) in [4.78, 5) is 23.8. The first-order valence-corrected chi connectivity index (χ1v) is 25.5. The number of para-hydroxylation sites is 2. The molecule has 4 aromatic carbocycles. The van der Waals surface area contributed by atoms with Gasteiger partial charge < -0.3 is 21.1 Å². The number of benzene rings is 4. The van der Waals surface area contributed by atoms with Crippen LogP contribution < -0.4 is 16.4 Å². The van der Waals surface area contributed by atoms with Gasteiger partial charge in [0, 0.05) is 43.7 Å². The smallest absolute Gasteiger partial charge is 0.375 e. The Morgan fingerprint density at radius 2 is 1.15 bits per heavy atom. The Morgan fingerprint density at radius 1 is 0.709 bits per heavy atom. The zero-order chi connectivity index (χ0) is 40.4. The predicted octanol–water partition coefficient (Wildman–Crippen LogP) is 6.26. The van der Waals surface area contributed by atoms with Crippen LogP contribution in [0.4, 0.5) is 11.4 Å². The Labute approximate surface area is 343 Å². The summed E-state index contributed by atoms with van der Waals surface area (Å²) < 4.78 is 59.5. The summed E-state index contributed by atoms with van der Waals surface area (Å²) >= 11 is 4.24. The number of anilines is 2. The number of esters is 1. The van der Waals surface area contributed by atoms with Gasteiger partial charge in [0.2, 0.25) is 5.84 Å². The molecule has 2 heterocycles. The number of halogens is 2. The summed E-state index contributed by atoms with van der Waals surface area (Å²) in [6, 6.07) is 31.5. The number of hydrogen-bond acceptors (Lipinski definition) is 12. The number of nitriles is 2. The number of sulfonamides is 2. The van der Waals surface area contributed by atoms with Gasteiger partial charge in [-0.05, 0) is 80.3 Å². The Hall–Kier alpha value is -4.74. The molecular weight excluding hydrogens is 972 g/mol. The molecule has 18 heteroatoms. The van der Waals surface area contributed by atoms with E-state index in [9.17, 15) is 26.4 Å². The molecule has 0 radical (unpaired) electrons. The predicted molar refractivity (Wildman–Crippen MR) is 227 cm³/mol. The van der Waals surface area contributed by atoms with E-state index in [0.29, 0.717) is 36.3 Å². The second-order valence-electron chi connectivity index (χ2n) is 11.1. The lowest BCUT2D eigenvalue weighted by Gasteiger charge is -2.17. The number of ether oxygens (including phenoxy) is 1. The van der Waals surface area contributed by atoms with Gasteiger partial charge in [0.1, 0.15) is 9.79 Å². The number of Topliss-reactive ketones (excluding diaryl/α,β-unsaturated/α-hetero) is 1. The molecule has 0 amide bonds. The normalized spacial score (nSPS) is 13.6. The number of carbonyl (C=O) groups is 2. The average Bonchev–Trinajstić information content (AvgIpc) is 3.19. The van der Waals surface area contributed by atoms with Gasteiger partial charge >= 0.3 is 5.97 Å². The van der Waals surface area contributed by atoms with Crippen molar-refractivity contribution >= 4 is 92.1 Å². The quantitative estimate of drug-likeness (QED) is 0.125. The summed E-state index contributed by atoms with van der Waals surface area (Å²) in [6.07, 6.45) is 1.99. The number of nitrogens with zero attached hydrogens (tertiary/aromatic N) is 4. The van der Waals surface area contributed by atoms with Gasteiger partial charge in [-0.25, -0.2) is 4.79 Å². The van der Waals surface area contributed by atoms with Crippen molar-refractivity contribution in [1.29, 1.82) is 10.5 Å². The second-order valence-corrected chi connectivity index (χ2v) is 14.3. The molecule has 4 aromatic rings. The van der Waals surface area contributed by atoms with Crippen LogP contribution in [0.5, 0.6) is 0 Å². The molecule has 286 valence electrons. The van der Waals surface area contributed by atoms with Gasteiger partial charge in [-0.3, -0.25) is 4.79 Å². The van der Waals surface area contributed by atoms with Crippen LogP contribution in [0.3, 0.4) is 0 Å². The van der Waals surface area contributed by atoms with Crippen molar-refractivity contribution in [2.75, 3.05) is 23.8 Å². The van der Waals surface area contributed by atoms with Crippen molar-refractivity contribution < 1.29 is 31.2 Å². The van der Waals surface area contributed by atoms with Gasteiger partial charge in [0.15, 0.2) is 11.6 Å². The fourth-order valence-electron chi connectivity index (χ4n) is 5.05. The maximum Gasteiger partial charge on any atom is 0.375 e. The zero-order valence-electron chi connectivity index (χ0n) is 29.3. The molecule has 2 aliphatic heterocycles. The van der Waals surface area contributed by atoms with E-state index in [1.54, 1.807) is 55.5 Å². The van der Waals surface area contributed by atoms with Crippen molar-refractivity contribution in [3.8, 4) is 12.1 Å². The molecule has 0 fully saturated rings. The van der Waals surface area contributed by atoms with Crippen molar-refractivity contribution in [2.45, 2.75) is 42.4 Å². The lowest BCUT2D eigenvalue weighted by molar-refractivity contribution is -0.135. The molecule has 0 atom stereocenters. The molecule has 4 N–H and O–H groups in total. The summed E-state index contributed by atoms with van der Waals surface area (Å²) in [5, 5.41) is 23.1. The number of nitrogens with one attached hydrogen (secondary N) is 2. The number of fused-ring (bicyclic) bond motifs is 2. The third-order valence-electron chi connectivity index (χ3n) is 7.53. The van der Waals surface area contributed by atoms with Gasteiger partial charge in [0.25, 0.3) is 20.0 Å². The van der Waals surface area contributed by atoms with Crippen LogP contribution in [-0.2, 0) is 47.2 Å². The van der Waals surface area contributed by atoms with E-state index in [2.05, 4.69) is 68.8 Å². The zero-order valence-corrected chi connectivity index (χ0v) is 35.2. The third kappa shape index (κ3) is 12.7. The van der Waals surface area contributed by atoms with Crippen molar-refractivity contribution in [3.63, 3.8) is 0 Å². The lowest BCUT2D eigenvalue weighted by atomic mass is 10.0. The van der Waals surface area contributed by atoms with E-state index in [4.69, 9.17) is 21.0 Å². The van der Waals surface area contributed by atoms with E-state index >= 15 is 0 Å². The number of ketones is 1. The molecule has 0 aromatic heterocycles. The number of carbonyl (C=O) groups excluding carboxylic acids is 2. The highest BCUT2D eigenvalue weighted by molar-refractivity contribution is 15.0. The van der Waals surface area contributed by atoms with Crippen LogP contribution in [0.1, 0.15) is 42.0 Å². The van der Waals surface area contributed by atoms with Crippen LogP contribution in [0.25, 0.3) is 0 Å². The summed E-state index contributed by atoms with van der Waals surface area (Å²) in [6.45, 7) is 2.38. The maximum absolute atomic E-state index is 12.3. The highest BCUT2D eigenvalue weighted by atomic mass is 128. The van der Waals surface area contributed by atoms with Gasteiger partial charge in [-0.15, -0.1) is 8.80 Å². The standard InChI is InChI=1S/C18H15N3O3S.C10H10N2O4S.C9H10N2.I2/c19-12-14-7-2-1-6-13(14)8-5-10-16(22)18-20-15-9-3-4-11-17(15)25(23,24)21-18;1-2-16-10(13)9-11-7-5-3-4-6-8(7)17(14,15)12-9;10-6-5-8-3-1-2-4-9(8)7-11;1-2/h1-4,6-7,9,11H,5,8,10H2,(H,20,21);3-6H,2H2,1H3,(H,11,12);1-4H,5-6,10H2;. The Bertz CT molecular complexity index is 2370. The minimum Gasteiger partial charge on any atom is -0.460 e. The summed E-state index contributed by atoms with van der Waals surface area (Å²) in [5.41, 5.74) is 9.28. The van der Waals surface area contributed by atoms with Crippen LogP contribution in [0.15, 0.2) is 116 Å². The molecule has 0 saturated carbocycles. The summed E-state index contributed by atoms with van der Waals surface area (Å²) in [7, 11) is -7.69. The Kier molecular flexibility index (Phi) is 17.8. The number of nitrogens with two attached hydrogens (primary N) is 1. The molecule has 0 bridgehead atoms. The monoisotopic (exact) mass is 1010 g/mol. The highest BCUT2D eigenvalue weighted by Crippen LogP contribution is 2.28. The van der Waals surface area contributed by atoms with Crippen LogP contribution >= 0.6 is 37.2 Å². The van der Waals surface area contributed by atoms with E-state index < -0.39 is 26.0 Å². The number of amidine groups is 2. The topological polar surface area (TPSA) is 234 Å². The first kappa shape index (κ1) is 44.7.